The molecule has 0 radical (unpaired) electrons. The van der Waals surface area contributed by atoms with Crippen molar-refractivity contribution in [2.45, 2.75) is 38.5 Å². The van der Waals surface area contributed by atoms with Crippen LogP contribution in [-0.4, -0.2) is 22.9 Å². The molecule has 1 N–H and O–H groups in total. The summed E-state index contributed by atoms with van der Waals surface area (Å²) in [4.78, 5) is 0. The van der Waals surface area contributed by atoms with E-state index in [0.717, 1.165) is 18.4 Å². The van der Waals surface area contributed by atoms with Crippen LogP contribution in [0.4, 0.5) is 0 Å². The number of aromatic nitrogens is 2. The van der Waals surface area contributed by atoms with E-state index in [4.69, 9.17) is 0 Å². The fraction of sp³-hybridized carbons (Fsp3) is 0.769. The van der Waals surface area contributed by atoms with Crippen molar-refractivity contribution in [1.29, 1.82) is 0 Å². The highest BCUT2D eigenvalue weighted by atomic mass is 15.2. The zero-order chi connectivity index (χ0) is 11.4. The first kappa shape index (κ1) is 11.6. The van der Waals surface area contributed by atoms with E-state index in [1.807, 2.05) is 17.9 Å². The maximum absolute atomic E-state index is 4.29. The largest absolute Gasteiger partial charge is 0.316 e. The van der Waals surface area contributed by atoms with Crippen molar-refractivity contribution in [3.63, 3.8) is 0 Å². The molecule has 0 bridgehead atoms. The number of nitrogens with one attached hydrogen (secondary N) is 1. The van der Waals surface area contributed by atoms with Gasteiger partial charge in [0.15, 0.2) is 0 Å². The molecule has 1 aliphatic rings. The van der Waals surface area contributed by atoms with E-state index in [2.05, 4.69) is 23.5 Å². The molecule has 1 aromatic heterocycles. The van der Waals surface area contributed by atoms with Crippen molar-refractivity contribution in [2.75, 3.05) is 13.1 Å². The highest BCUT2D eigenvalue weighted by Crippen LogP contribution is 2.38. The molecule has 0 spiro atoms. The second-order valence-electron chi connectivity index (χ2n) is 4.95. The molecule has 1 aromatic rings. The van der Waals surface area contributed by atoms with E-state index in [9.17, 15) is 0 Å². The molecule has 1 aliphatic carbocycles. The van der Waals surface area contributed by atoms with Gasteiger partial charge in [0.1, 0.15) is 0 Å². The van der Waals surface area contributed by atoms with Gasteiger partial charge in [-0.1, -0.05) is 13.3 Å². The highest BCUT2D eigenvalue weighted by molar-refractivity contribution is 5.14. The van der Waals surface area contributed by atoms with Gasteiger partial charge < -0.3 is 5.32 Å². The lowest BCUT2D eigenvalue weighted by atomic mass is 9.91. The Morgan fingerprint density at radius 3 is 3.06 bits per heavy atom. The summed E-state index contributed by atoms with van der Waals surface area (Å²) in [5, 5.41) is 7.84. The smallest absolute Gasteiger partial charge is 0.0524 e. The van der Waals surface area contributed by atoms with Crippen LogP contribution in [0.15, 0.2) is 12.4 Å². The Labute approximate surface area is 98.2 Å². The number of rotatable bonds is 5. The van der Waals surface area contributed by atoms with E-state index < -0.39 is 0 Å². The summed E-state index contributed by atoms with van der Waals surface area (Å²) in [6.45, 7) is 4.55. The summed E-state index contributed by atoms with van der Waals surface area (Å²) in [7, 11) is 2.00. The zero-order valence-electron chi connectivity index (χ0n) is 10.4. The summed E-state index contributed by atoms with van der Waals surface area (Å²) < 4.78 is 1.92. The number of hydrogen-bond donors (Lipinski definition) is 1. The third-order valence-electron chi connectivity index (χ3n) is 3.65. The van der Waals surface area contributed by atoms with Crippen LogP contribution in [0, 0.1) is 5.92 Å². The molecular weight excluding hydrogens is 198 g/mol. The third kappa shape index (κ3) is 2.64. The standard InChI is InChI=1S/C13H23N3/c1-3-7-14-8-11-5-4-6-13(11)12-9-15-16(2)10-12/h9-11,13-14H,3-8H2,1-2H3. The molecule has 2 rings (SSSR count). The van der Waals surface area contributed by atoms with Gasteiger partial charge in [0, 0.05) is 13.2 Å². The molecule has 90 valence electrons. The van der Waals surface area contributed by atoms with Crippen LogP contribution in [-0.2, 0) is 7.05 Å². The Bertz CT molecular complexity index is 319. The van der Waals surface area contributed by atoms with Crippen LogP contribution in [0.25, 0.3) is 0 Å². The van der Waals surface area contributed by atoms with Gasteiger partial charge in [-0.15, -0.1) is 0 Å². The maximum atomic E-state index is 4.29. The Kier molecular flexibility index (Phi) is 3.99. The fourth-order valence-electron chi connectivity index (χ4n) is 2.82. The van der Waals surface area contributed by atoms with Gasteiger partial charge in [0.25, 0.3) is 0 Å². The van der Waals surface area contributed by atoms with Crippen LogP contribution in [0.3, 0.4) is 0 Å². The Morgan fingerprint density at radius 1 is 1.50 bits per heavy atom. The number of aryl methyl sites for hydroxylation is 1. The predicted molar refractivity (Wildman–Crippen MR) is 66.5 cm³/mol. The number of hydrogen-bond acceptors (Lipinski definition) is 2. The lowest BCUT2D eigenvalue weighted by molar-refractivity contribution is 0.444. The minimum Gasteiger partial charge on any atom is -0.316 e. The molecule has 0 amide bonds. The van der Waals surface area contributed by atoms with Crippen molar-refractivity contribution in [1.82, 2.24) is 15.1 Å². The van der Waals surface area contributed by atoms with Crippen LogP contribution >= 0.6 is 0 Å². The summed E-state index contributed by atoms with van der Waals surface area (Å²) in [6, 6.07) is 0. The number of nitrogens with zero attached hydrogens (tertiary/aromatic N) is 2. The van der Waals surface area contributed by atoms with Crippen molar-refractivity contribution >= 4 is 0 Å². The quantitative estimate of drug-likeness (QED) is 0.773. The second-order valence-corrected chi connectivity index (χ2v) is 4.95. The maximum Gasteiger partial charge on any atom is 0.0524 e. The molecule has 3 nitrogen and oxygen atoms in total. The predicted octanol–water partition coefficient (Wildman–Crippen LogP) is 2.30. The Hall–Kier alpha value is -0.830. The van der Waals surface area contributed by atoms with E-state index >= 15 is 0 Å². The van der Waals surface area contributed by atoms with E-state index in [-0.39, 0.29) is 0 Å². The monoisotopic (exact) mass is 221 g/mol. The molecule has 1 saturated carbocycles. The van der Waals surface area contributed by atoms with Crippen LogP contribution in [0.2, 0.25) is 0 Å². The van der Waals surface area contributed by atoms with Crippen molar-refractivity contribution < 1.29 is 0 Å². The first-order valence-electron chi connectivity index (χ1n) is 6.50. The summed E-state index contributed by atoms with van der Waals surface area (Å²) in [5.74, 6) is 1.55. The summed E-state index contributed by atoms with van der Waals surface area (Å²) >= 11 is 0. The lowest BCUT2D eigenvalue weighted by Gasteiger charge is -2.18. The van der Waals surface area contributed by atoms with Gasteiger partial charge in [0.2, 0.25) is 0 Å². The zero-order valence-corrected chi connectivity index (χ0v) is 10.4. The van der Waals surface area contributed by atoms with E-state index in [1.165, 1.54) is 37.8 Å². The molecule has 0 aromatic carbocycles. The molecule has 3 heteroatoms. The molecule has 0 aliphatic heterocycles. The van der Waals surface area contributed by atoms with E-state index in [1.54, 1.807) is 0 Å². The molecule has 16 heavy (non-hydrogen) atoms. The molecule has 0 saturated heterocycles. The van der Waals surface area contributed by atoms with Gasteiger partial charge >= 0.3 is 0 Å². The van der Waals surface area contributed by atoms with Gasteiger partial charge in [-0.25, -0.2) is 0 Å². The average Bonchev–Trinajstić information content (AvgIpc) is 2.87. The van der Waals surface area contributed by atoms with Gasteiger partial charge in [-0.2, -0.15) is 5.10 Å². The molecule has 2 atom stereocenters. The minimum atomic E-state index is 0.734. The first-order valence-corrected chi connectivity index (χ1v) is 6.50. The van der Waals surface area contributed by atoms with Crippen molar-refractivity contribution in [2.24, 2.45) is 13.0 Å². The van der Waals surface area contributed by atoms with Crippen LogP contribution in [0.5, 0.6) is 0 Å². The molecule has 2 unspecified atom stereocenters. The van der Waals surface area contributed by atoms with Gasteiger partial charge in [-0.05, 0) is 49.8 Å². The SMILES string of the molecule is CCCNCC1CCCC1c1cnn(C)c1. The fourth-order valence-corrected chi connectivity index (χ4v) is 2.82. The molecule has 1 heterocycles. The second kappa shape index (κ2) is 5.48. The van der Waals surface area contributed by atoms with Crippen molar-refractivity contribution in [3.8, 4) is 0 Å². The highest BCUT2D eigenvalue weighted by Gasteiger charge is 2.28. The van der Waals surface area contributed by atoms with E-state index in [0.29, 0.717) is 0 Å². The topological polar surface area (TPSA) is 29.9 Å². The minimum absolute atomic E-state index is 0.734. The van der Waals surface area contributed by atoms with Crippen LogP contribution < -0.4 is 5.32 Å². The third-order valence-corrected chi connectivity index (χ3v) is 3.65. The van der Waals surface area contributed by atoms with Crippen molar-refractivity contribution in [3.05, 3.63) is 18.0 Å². The van der Waals surface area contributed by atoms with Gasteiger partial charge in [-0.3, -0.25) is 4.68 Å². The summed E-state index contributed by atoms with van der Waals surface area (Å²) in [6.07, 6.45) is 9.54. The lowest BCUT2D eigenvalue weighted by Crippen LogP contribution is -2.25. The summed E-state index contributed by atoms with van der Waals surface area (Å²) in [5.41, 5.74) is 1.43. The average molecular weight is 221 g/mol. The van der Waals surface area contributed by atoms with Gasteiger partial charge in [0.05, 0.1) is 6.20 Å². The molecular formula is C13H23N3. The Morgan fingerprint density at radius 2 is 2.38 bits per heavy atom. The Balaban J connectivity index is 1.92. The molecule has 1 fully saturated rings. The first-order chi connectivity index (χ1) is 7.81. The normalized spacial score (nSPS) is 25.1. The van der Waals surface area contributed by atoms with Crippen LogP contribution in [0.1, 0.15) is 44.1 Å².